The second kappa shape index (κ2) is 5.25. The van der Waals surface area contributed by atoms with Crippen LogP contribution in [0.25, 0.3) is 11.4 Å². The molecule has 0 aliphatic rings. The molecule has 2 aromatic rings. The molecule has 100 valence electrons. The van der Waals surface area contributed by atoms with Gasteiger partial charge >= 0.3 is 0 Å². The van der Waals surface area contributed by atoms with Gasteiger partial charge in [-0.05, 0) is 34.7 Å². The molecule has 5 heteroatoms. The molecule has 1 aromatic heterocycles. The highest BCUT2D eigenvalue weighted by Gasteiger charge is 2.22. The Balaban J connectivity index is 2.63. The predicted molar refractivity (Wildman–Crippen MR) is 88.3 cm³/mol. The fourth-order valence-corrected chi connectivity index (χ4v) is 2.96. The van der Waals surface area contributed by atoms with Crippen molar-refractivity contribution in [1.29, 1.82) is 0 Å². The van der Waals surface area contributed by atoms with Crippen molar-refractivity contribution in [3.8, 4) is 11.4 Å². The number of halogens is 2. The molecule has 0 saturated carbocycles. The molecular weight excluding hydrogens is 373 g/mol. The first-order valence-electron chi connectivity index (χ1n) is 5.88. The Hall–Kier alpha value is -0.880. The lowest BCUT2D eigenvalue weighted by atomic mass is 9.92. The van der Waals surface area contributed by atoms with E-state index in [0.717, 1.165) is 14.8 Å². The summed E-state index contributed by atoms with van der Waals surface area (Å²) in [6.07, 6.45) is 0. The summed E-state index contributed by atoms with van der Waals surface area (Å²) in [5.41, 5.74) is 7.75. The Kier molecular flexibility index (Phi) is 4.01. The molecule has 2 N–H and O–H groups in total. The molecule has 1 heterocycles. The molecule has 0 fully saturated rings. The number of nitrogens with zero attached hydrogens (tertiary/aromatic N) is 2. The number of anilines is 1. The van der Waals surface area contributed by atoms with Gasteiger partial charge in [-0.15, -0.1) is 0 Å². The number of hydrogen-bond acceptors (Lipinski definition) is 3. The first-order chi connectivity index (χ1) is 8.79. The van der Waals surface area contributed by atoms with E-state index in [4.69, 9.17) is 17.3 Å². The summed E-state index contributed by atoms with van der Waals surface area (Å²) >= 11 is 8.20. The van der Waals surface area contributed by atoms with Crippen LogP contribution in [-0.4, -0.2) is 9.97 Å². The van der Waals surface area contributed by atoms with Crippen molar-refractivity contribution in [2.75, 3.05) is 5.73 Å². The summed E-state index contributed by atoms with van der Waals surface area (Å²) in [6, 6.07) is 7.48. The highest BCUT2D eigenvalue weighted by molar-refractivity contribution is 14.1. The van der Waals surface area contributed by atoms with E-state index in [1.54, 1.807) is 0 Å². The minimum atomic E-state index is -0.0824. The van der Waals surface area contributed by atoms with Gasteiger partial charge in [0.2, 0.25) is 0 Å². The molecule has 0 aliphatic carbocycles. The van der Waals surface area contributed by atoms with Crippen molar-refractivity contribution in [3.63, 3.8) is 0 Å². The zero-order valence-electron chi connectivity index (χ0n) is 11.0. The van der Waals surface area contributed by atoms with Gasteiger partial charge in [-0.3, -0.25) is 0 Å². The fourth-order valence-electron chi connectivity index (χ4n) is 1.72. The lowest BCUT2D eigenvalue weighted by molar-refractivity contribution is 0.564. The predicted octanol–water partition coefficient (Wildman–Crippen LogP) is 4.28. The van der Waals surface area contributed by atoms with E-state index in [-0.39, 0.29) is 5.41 Å². The second-order valence-electron chi connectivity index (χ2n) is 5.36. The number of hydrogen-bond donors (Lipinski definition) is 1. The van der Waals surface area contributed by atoms with E-state index in [9.17, 15) is 0 Å². The highest BCUT2D eigenvalue weighted by atomic mass is 127. The summed E-state index contributed by atoms with van der Waals surface area (Å²) in [5, 5.41) is 0.663. The Morgan fingerprint density at radius 1 is 1.21 bits per heavy atom. The van der Waals surface area contributed by atoms with Crippen LogP contribution in [-0.2, 0) is 5.41 Å². The zero-order chi connectivity index (χ0) is 14.2. The summed E-state index contributed by atoms with van der Waals surface area (Å²) in [5.74, 6) is 1.13. The van der Waals surface area contributed by atoms with Gasteiger partial charge in [0.1, 0.15) is 5.82 Å². The van der Waals surface area contributed by atoms with Crippen molar-refractivity contribution in [2.45, 2.75) is 26.2 Å². The first kappa shape index (κ1) is 14.5. The number of nitrogens with two attached hydrogens (primary N) is 1. The number of benzene rings is 1. The Labute approximate surface area is 131 Å². The van der Waals surface area contributed by atoms with Crippen LogP contribution in [0.15, 0.2) is 24.3 Å². The topological polar surface area (TPSA) is 51.8 Å². The molecular formula is C14H15ClIN3. The molecule has 2 rings (SSSR count). The maximum atomic E-state index is 6.01. The molecule has 0 bridgehead atoms. The van der Waals surface area contributed by atoms with Gasteiger partial charge in [0, 0.05) is 16.0 Å². The van der Waals surface area contributed by atoms with E-state index in [0.29, 0.717) is 16.7 Å². The Morgan fingerprint density at radius 3 is 2.47 bits per heavy atom. The Morgan fingerprint density at radius 2 is 1.89 bits per heavy atom. The van der Waals surface area contributed by atoms with Gasteiger partial charge in [0.15, 0.2) is 5.82 Å². The average Bonchev–Trinajstić information content (AvgIpc) is 2.31. The summed E-state index contributed by atoms with van der Waals surface area (Å²) < 4.78 is 0.913. The standard InChI is InChI=1S/C14H15ClIN3/c1-14(2,3)11-10(16)12(17)19-13(18-11)8-5-4-6-9(15)7-8/h4-7H,1-3H3,(H2,17,18,19). The number of nitrogen functional groups attached to an aromatic ring is 1. The monoisotopic (exact) mass is 387 g/mol. The van der Waals surface area contributed by atoms with Gasteiger partial charge in [-0.25, -0.2) is 9.97 Å². The van der Waals surface area contributed by atoms with Crippen LogP contribution < -0.4 is 5.73 Å². The van der Waals surface area contributed by atoms with E-state index in [1.807, 2.05) is 24.3 Å². The van der Waals surface area contributed by atoms with Crippen LogP contribution in [0.3, 0.4) is 0 Å². The quantitative estimate of drug-likeness (QED) is 0.743. The maximum absolute atomic E-state index is 6.01. The van der Waals surface area contributed by atoms with Crippen LogP contribution >= 0.6 is 34.2 Å². The SMILES string of the molecule is CC(C)(C)c1nc(-c2cccc(Cl)c2)nc(N)c1I. The lowest BCUT2D eigenvalue weighted by Crippen LogP contribution is -2.18. The molecule has 0 unspecified atom stereocenters. The van der Waals surface area contributed by atoms with E-state index >= 15 is 0 Å². The van der Waals surface area contributed by atoms with Gasteiger partial charge in [-0.2, -0.15) is 0 Å². The van der Waals surface area contributed by atoms with Crippen molar-refractivity contribution in [1.82, 2.24) is 9.97 Å². The van der Waals surface area contributed by atoms with Crippen molar-refractivity contribution in [3.05, 3.63) is 38.6 Å². The highest BCUT2D eigenvalue weighted by Crippen LogP contribution is 2.30. The van der Waals surface area contributed by atoms with Crippen LogP contribution in [0.5, 0.6) is 0 Å². The largest absolute Gasteiger partial charge is 0.383 e. The van der Waals surface area contributed by atoms with Gasteiger partial charge in [0.05, 0.1) is 9.26 Å². The minimum absolute atomic E-state index is 0.0824. The molecule has 0 atom stereocenters. The first-order valence-corrected chi connectivity index (χ1v) is 7.34. The molecule has 0 saturated heterocycles. The smallest absolute Gasteiger partial charge is 0.161 e. The molecule has 0 spiro atoms. The third-order valence-corrected chi connectivity index (χ3v) is 3.97. The third kappa shape index (κ3) is 3.17. The van der Waals surface area contributed by atoms with Gasteiger partial charge in [-0.1, -0.05) is 44.5 Å². The van der Waals surface area contributed by atoms with Gasteiger partial charge < -0.3 is 5.73 Å². The molecule has 1 aromatic carbocycles. The van der Waals surface area contributed by atoms with Crippen molar-refractivity contribution in [2.24, 2.45) is 0 Å². The number of rotatable bonds is 1. The number of aromatic nitrogens is 2. The van der Waals surface area contributed by atoms with E-state index in [1.165, 1.54) is 0 Å². The van der Waals surface area contributed by atoms with Crippen LogP contribution in [0.2, 0.25) is 5.02 Å². The third-order valence-electron chi connectivity index (χ3n) is 2.67. The summed E-state index contributed by atoms with van der Waals surface area (Å²) in [6.45, 7) is 6.33. The normalized spacial score (nSPS) is 11.6. The minimum Gasteiger partial charge on any atom is -0.383 e. The van der Waals surface area contributed by atoms with Crippen molar-refractivity contribution < 1.29 is 0 Å². The van der Waals surface area contributed by atoms with Crippen LogP contribution in [0.4, 0.5) is 5.82 Å². The van der Waals surface area contributed by atoms with Crippen molar-refractivity contribution >= 4 is 40.0 Å². The van der Waals surface area contributed by atoms with E-state index < -0.39 is 0 Å². The molecule has 0 amide bonds. The van der Waals surface area contributed by atoms with Crippen LogP contribution in [0, 0.1) is 3.57 Å². The second-order valence-corrected chi connectivity index (χ2v) is 6.87. The zero-order valence-corrected chi connectivity index (χ0v) is 14.0. The molecule has 0 radical (unpaired) electrons. The molecule has 3 nitrogen and oxygen atoms in total. The summed E-state index contributed by atoms with van der Waals surface area (Å²) in [4.78, 5) is 9.02. The van der Waals surface area contributed by atoms with Crippen LogP contribution in [0.1, 0.15) is 26.5 Å². The van der Waals surface area contributed by atoms with Gasteiger partial charge in [0.25, 0.3) is 0 Å². The van der Waals surface area contributed by atoms with E-state index in [2.05, 4.69) is 53.3 Å². The Bertz CT molecular complexity index is 621. The molecule has 0 aliphatic heterocycles. The molecule has 19 heavy (non-hydrogen) atoms. The lowest BCUT2D eigenvalue weighted by Gasteiger charge is -2.21. The maximum Gasteiger partial charge on any atom is 0.161 e. The fraction of sp³-hybridized carbons (Fsp3) is 0.286. The summed E-state index contributed by atoms with van der Waals surface area (Å²) in [7, 11) is 0. The average molecular weight is 388 g/mol.